The minimum absolute atomic E-state index is 0.178. The lowest BCUT2D eigenvalue weighted by Crippen LogP contribution is -2.24. The van der Waals surface area contributed by atoms with Crippen LogP contribution in [0.15, 0.2) is 24.3 Å². The summed E-state index contributed by atoms with van der Waals surface area (Å²) < 4.78 is 12.7. The maximum absolute atomic E-state index is 12.7. The van der Waals surface area contributed by atoms with Crippen molar-refractivity contribution in [3.63, 3.8) is 0 Å². The highest BCUT2D eigenvalue weighted by Gasteiger charge is 2.24. The largest absolute Gasteiger partial charge is 0.395 e. The minimum atomic E-state index is -0.196. The number of hydrogen-bond donors (Lipinski definition) is 2. The molecule has 1 aromatic rings. The van der Waals surface area contributed by atoms with Crippen molar-refractivity contribution < 1.29 is 9.50 Å². The van der Waals surface area contributed by atoms with Gasteiger partial charge in [-0.15, -0.1) is 0 Å². The van der Waals surface area contributed by atoms with E-state index in [-0.39, 0.29) is 18.5 Å². The van der Waals surface area contributed by atoms with E-state index in [4.69, 9.17) is 5.11 Å². The second kappa shape index (κ2) is 4.07. The fourth-order valence-corrected chi connectivity index (χ4v) is 1.95. The van der Waals surface area contributed by atoms with E-state index < -0.39 is 0 Å². The number of halogens is 1. The Labute approximate surface area is 82.8 Å². The van der Waals surface area contributed by atoms with Crippen LogP contribution in [-0.4, -0.2) is 24.3 Å². The van der Waals surface area contributed by atoms with Crippen LogP contribution in [-0.2, 0) is 0 Å². The topological polar surface area (TPSA) is 32.3 Å². The van der Waals surface area contributed by atoms with Gasteiger partial charge in [-0.25, -0.2) is 4.39 Å². The second-order valence-corrected chi connectivity index (χ2v) is 3.77. The molecule has 3 heteroatoms. The highest BCUT2D eigenvalue weighted by molar-refractivity contribution is 5.22. The van der Waals surface area contributed by atoms with Crippen LogP contribution in [0.1, 0.15) is 17.9 Å². The Morgan fingerprint density at radius 2 is 2.07 bits per heavy atom. The summed E-state index contributed by atoms with van der Waals surface area (Å²) in [5, 5.41) is 12.2. The van der Waals surface area contributed by atoms with E-state index in [9.17, 15) is 4.39 Å². The van der Waals surface area contributed by atoms with Gasteiger partial charge in [0, 0.05) is 12.6 Å². The number of nitrogens with one attached hydrogen (secondary N) is 1. The first-order valence-corrected chi connectivity index (χ1v) is 4.89. The maximum Gasteiger partial charge on any atom is 0.123 e. The zero-order valence-corrected chi connectivity index (χ0v) is 7.91. The monoisotopic (exact) mass is 195 g/mol. The molecule has 0 aliphatic carbocycles. The zero-order valence-electron chi connectivity index (χ0n) is 7.91. The van der Waals surface area contributed by atoms with Crippen molar-refractivity contribution in [3.8, 4) is 0 Å². The summed E-state index contributed by atoms with van der Waals surface area (Å²) in [5.74, 6) is 0.214. The van der Waals surface area contributed by atoms with E-state index in [0.717, 1.165) is 18.5 Å². The number of hydrogen-bond acceptors (Lipinski definition) is 2. The molecule has 0 bridgehead atoms. The van der Waals surface area contributed by atoms with E-state index in [1.807, 2.05) is 12.1 Å². The molecule has 1 fully saturated rings. The molecule has 2 nitrogen and oxygen atoms in total. The molecule has 0 spiro atoms. The van der Waals surface area contributed by atoms with Gasteiger partial charge in [0.05, 0.1) is 6.61 Å². The van der Waals surface area contributed by atoms with Crippen LogP contribution in [0.25, 0.3) is 0 Å². The van der Waals surface area contributed by atoms with Gasteiger partial charge in [0.15, 0.2) is 0 Å². The van der Waals surface area contributed by atoms with E-state index in [2.05, 4.69) is 5.32 Å². The maximum atomic E-state index is 12.7. The van der Waals surface area contributed by atoms with Crippen LogP contribution in [0, 0.1) is 5.82 Å². The first-order chi connectivity index (χ1) is 6.79. The Morgan fingerprint density at radius 1 is 1.36 bits per heavy atom. The lowest BCUT2D eigenvalue weighted by molar-refractivity contribution is 0.254. The van der Waals surface area contributed by atoms with Gasteiger partial charge in [0.2, 0.25) is 0 Å². The zero-order chi connectivity index (χ0) is 9.97. The summed E-state index contributed by atoms with van der Waals surface area (Å²) >= 11 is 0. The number of benzene rings is 1. The first kappa shape index (κ1) is 9.62. The average Bonchev–Trinajstić information content (AvgIpc) is 2.67. The molecule has 1 aromatic carbocycles. The normalized spacial score (nSPS) is 26.7. The van der Waals surface area contributed by atoms with Crippen LogP contribution < -0.4 is 5.32 Å². The molecule has 0 aromatic heterocycles. The Balaban J connectivity index is 2.06. The minimum Gasteiger partial charge on any atom is -0.395 e. The highest BCUT2D eigenvalue weighted by Crippen LogP contribution is 2.25. The molecule has 0 saturated carbocycles. The summed E-state index contributed by atoms with van der Waals surface area (Å²) in [5.41, 5.74) is 1.15. The molecule has 2 rings (SSSR count). The smallest absolute Gasteiger partial charge is 0.123 e. The van der Waals surface area contributed by atoms with E-state index >= 15 is 0 Å². The summed E-state index contributed by atoms with van der Waals surface area (Å²) in [4.78, 5) is 0. The average molecular weight is 195 g/mol. The molecular weight excluding hydrogens is 181 g/mol. The summed E-state index contributed by atoms with van der Waals surface area (Å²) in [7, 11) is 0. The van der Waals surface area contributed by atoms with Crippen molar-refractivity contribution in [2.75, 3.05) is 13.2 Å². The number of aliphatic hydroxyl groups is 1. The molecule has 0 radical (unpaired) electrons. The molecule has 76 valence electrons. The third-order valence-electron chi connectivity index (χ3n) is 2.78. The van der Waals surface area contributed by atoms with Crippen molar-refractivity contribution in [2.45, 2.75) is 18.4 Å². The SMILES string of the molecule is OCC1CC(c2ccc(F)cc2)CN1. The summed E-state index contributed by atoms with van der Waals surface area (Å²) in [6.45, 7) is 1.05. The molecule has 1 saturated heterocycles. The molecule has 0 amide bonds. The Kier molecular flexibility index (Phi) is 2.79. The third-order valence-corrected chi connectivity index (χ3v) is 2.78. The van der Waals surface area contributed by atoms with Crippen molar-refractivity contribution in [1.29, 1.82) is 0 Å². The van der Waals surface area contributed by atoms with Gasteiger partial charge in [0.25, 0.3) is 0 Å². The Hall–Kier alpha value is -0.930. The predicted octanol–water partition coefficient (Wildman–Crippen LogP) is 1.26. The second-order valence-electron chi connectivity index (χ2n) is 3.77. The van der Waals surface area contributed by atoms with E-state index in [1.165, 1.54) is 12.1 Å². The molecule has 1 aliphatic rings. The summed E-state index contributed by atoms with van der Waals surface area (Å²) in [6, 6.07) is 6.82. The molecule has 1 heterocycles. The van der Waals surface area contributed by atoms with Crippen molar-refractivity contribution >= 4 is 0 Å². The van der Waals surface area contributed by atoms with Crippen LogP contribution in [0.2, 0.25) is 0 Å². The van der Waals surface area contributed by atoms with Gasteiger partial charge in [-0.05, 0) is 30.0 Å². The fraction of sp³-hybridized carbons (Fsp3) is 0.455. The predicted molar refractivity (Wildman–Crippen MR) is 52.6 cm³/mol. The van der Waals surface area contributed by atoms with Gasteiger partial charge >= 0.3 is 0 Å². The lowest BCUT2D eigenvalue weighted by Gasteiger charge is -2.08. The van der Waals surface area contributed by atoms with Crippen molar-refractivity contribution in [2.24, 2.45) is 0 Å². The number of aliphatic hydroxyl groups excluding tert-OH is 1. The van der Waals surface area contributed by atoms with Gasteiger partial charge in [-0.3, -0.25) is 0 Å². The Morgan fingerprint density at radius 3 is 2.64 bits per heavy atom. The van der Waals surface area contributed by atoms with Crippen molar-refractivity contribution in [3.05, 3.63) is 35.6 Å². The molecule has 2 unspecified atom stereocenters. The molecular formula is C11H14FNO. The third kappa shape index (κ3) is 1.94. The standard InChI is InChI=1S/C11H14FNO/c12-10-3-1-8(2-4-10)9-5-11(7-14)13-6-9/h1-4,9,11,13-14H,5-7H2. The van der Waals surface area contributed by atoms with Crippen LogP contribution in [0.4, 0.5) is 4.39 Å². The van der Waals surface area contributed by atoms with Crippen LogP contribution >= 0.6 is 0 Å². The summed E-state index contributed by atoms with van der Waals surface area (Å²) in [6.07, 6.45) is 0.933. The molecule has 2 atom stereocenters. The van der Waals surface area contributed by atoms with Gasteiger partial charge < -0.3 is 10.4 Å². The van der Waals surface area contributed by atoms with Crippen molar-refractivity contribution in [1.82, 2.24) is 5.32 Å². The number of rotatable bonds is 2. The van der Waals surface area contributed by atoms with Gasteiger partial charge in [-0.2, -0.15) is 0 Å². The van der Waals surface area contributed by atoms with Gasteiger partial charge in [-0.1, -0.05) is 12.1 Å². The van der Waals surface area contributed by atoms with E-state index in [1.54, 1.807) is 0 Å². The lowest BCUT2D eigenvalue weighted by atomic mass is 9.96. The Bertz CT molecular complexity index is 299. The quantitative estimate of drug-likeness (QED) is 0.744. The van der Waals surface area contributed by atoms with E-state index in [0.29, 0.717) is 5.92 Å². The molecule has 2 N–H and O–H groups in total. The van der Waals surface area contributed by atoms with Crippen LogP contribution in [0.5, 0.6) is 0 Å². The first-order valence-electron chi connectivity index (χ1n) is 4.89. The molecule has 1 aliphatic heterocycles. The van der Waals surface area contributed by atoms with Crippen LogP contribution in [0.3, 0.4) is 0 Å². The fourth-order valence-electron chi connectivity index (χ4n) is 1.95. The molecule has 14 heavy (non-hydrogen) atoms. The van der Waals surface area contributed by atoms with Gasteiger partial charge in [0.1, 0.15) is 5.82 Å². The highest BCUT2D eigenvalue weighted by atomic mass is 19.1.